The average Bonchev–Trinajstić information content (AvgIpc) is 2.50. The second-order valence-corrected chi connectivity index (χ2v) is 5.64. The number of halogens is 1. The van der Waals surface area contributed by atoms with E-state index in [4.69, 9.17) is 0 Å². The fraction of sp³-hybridized carbons (Fsp3) is 0.278. The van der Waals surface area contributed by atoms with Crippen LogP contribution in [-0.4, -0.2) is 12.5 Å². The van der Waals surface area contributed by atoms with Gasteiger partial charge in [0.1, 0.15) is 5.82 Å². The molecule has 1 N–H and O–H groups in total. The normalized spacial score (nSPS) is 21.9. The first-order chi connectivity index (χ1) is 10.1. The van der Waals surface area contributed by atoms with E-state index >= 15 is 0 Å². The van der Waals surface area contributed by atoms with Crippen LogP contribution in [0.2, 0.25) is 0 Å². The molecule has 21 heavy (non-hydrogen) atoms. The maximum Gasteiger partial charge on any atom is 0.227 e. The van der Waals surface area contributed by atoms with Crippen molar-refractivity contribution in [1.29, 1.82) is 0 Å². The Bertz CT molecular complexity index is 651. The summed E-state index contributed by atoms with van der Waals surface area (Å²) in [6.07, 6.45) is 0.766. The highest BCUT2D eigenvalue weighted by Gasteiger charge is 2.31. The first kappa shape index (κ1) is 13.8. The Kier molecular flexibility index (Phi) is 3.74. The van der Waals surface area contributed by atoms with Gasteiger partial charge in [-0.15, -0.1) is 0 Å². The first-order valence-electron chi connectivity index (χ1n) is 7.24. The van der Waals surface area contributed by atoms with Gasteiger partial charge in [0.05, 0.1) is 5.92 Å². The van der Waals surface area contributed by atoms with Crippen molar-refractivity contribution in [3.63, 3.8) is 0 Å². The second-order valence-electron chi connectivity index (χ2n) is 5.64. The third-order valence-electron chi connectivity index (χ3n) is 4.26. The summed E-state index contributed by atoms with van der Waals surface area (Å²) in [4.78, 5) is 12.1. The standard InChI is InChI=1S/C18H18FNO/c1-12-4-2-3-5-16(12)14-10-17(18(21)20-11-14)13-6-8-15(19)9-7-13/h2-9,14,17H,10-11H2,1H3,(H,20,21)/t14-,17-/m1/s1. The highest BCUT2D eigenvalue weighted by Crippen LogP contribution is 2.34. The largest absolute Gasteiger partial charge is 0.355 e. The minimum absolute atomic E-state index is 0.0337. The Morgan fingerprint density at radius 2 is 1.81 bits per heavy atom. The fourth-order valence-electron chi connectivity index (χ4n) is 3.09. The number of piperidine rings is 1. The lowest BCUT2D eigenvalue weighted by atomic mass is 9.80. The molecule has 1 aliphatic rings. The van der Waals surface area contributed by atoms with Gasteiger partial charge in [-0.25, -0.2) is 4.39 Å². The van der Waals surface area contributed by atoms with Gasteiger partial charge in [0, 0.05) is 12.5 Å². The van der Waals surface area contributed by atoms with Gasteiger partial charge >= 0.3 is 0 Å². The number of carbonyl (C=O) groups excluding carboxylic acids is 1. The summed E-state index contributed by atoms with van der Waals surface area (Å²) in [6, 6.07) is 14.5. The molecule has 0 aromatic heterocycles. The van der Waals surface area contributed by atoms with Crippen LogP contribution in [0.15, 0.2) is 48.5 Å². The minimum Gasteiger partial charge on any atom is -0.355 e. The van der Waals surface area contributed by atoms with E-state index in [2.05, 4.69) is 24.4 Å². The molecule has 3 heteroatoms. The van der Waals surface area contributed by atoms with Crippen LogP contribution in [0.25, 0.3) is 0 Å². The minimum atomic E-state index is -0.273. The SMILES string of the molecule is Cc1ccccc1[C@H]1CNC(=O)[C@@H](c2ccc(F)cc2)C1. The molecule has 1 amide bonds. The molecule has 1 fully saturated rings. The Hall–Kier alpha value is -2.16. The van der Waals surface area contributed by atoms with E-state index in [0.29, 0.717) is 12.5 Å². The van der Waals surface area contributed by atoms with Gasteiger partial charge < -0.3 is 5.32 Å². The van der Waals surface area contributed by atoms with Crippen molar-refractivity contribution in [3.8, 4) is 0 Å². The number of rotatable bonds is 2. The number of aryl methyl sites for hydroxylation is 1. The van der Waals surface area contributed by atoms with Crippen molar-refractivity contribution in [1.82, 2.24) is 5.32 Å². The second kappa shape index (κ2) is 5.68. The molecule has 1 aliphatic heterocycles. The molecule has 0 aliphatic carbocycles. The van der Waals surface area contributed by atoms with E-state index in [1.807, 2.05) is 12.1 Å². The van der Waals surface area contributed by atoms with Crippen LogP contribution >= 0.6 is 0 Å². The average molecular weight is 283 g/mol. The topological polar surface area (TPSA) is 29.1 Å². The van der Waals surface area contributed by atoms with Crippen molar-refractivity contribution >= 4 is 5.91 Å². The lowest BCUT2D eigenvalue weighted by Gasteiger charge is -2.30. The molecule has 2 atom stereocenters. The molecule has 0 spiro atoms. The summed E-state index contributed by atoms with van der Waals surface area (Å²) in [6.45, 7) is 2.76. The van der Waals surface area contributed by atoms with Gasteiger partial charge in [0.15, 0.2) is 0 Å². The number of benzene rings is 2. The predicted octanol–water partition coefficient (Wildman–Crippen LogP) is 3.52. The maximum absolute atomic E-state index is 13.0. The molecule has 1 heterocycles. The maximum atomic E-state index is 13.0. The third kappa shape index (κ3) is 2.82. The molecule has 0 radical (unpaired) electrons. The quantitative estimate of drug-likeness (QED) is 0.897. The molecule has 0 saturated carbocycles. The van der Waals surface area contributed by atoms with Crippen molar-refractivity contribution in [3.05, 3.63) is 71.0 Å². The van der Waals surface area contributed by atoms with E-state index in [-0.39, 0.29) is 17.6 Å². The summed E-state index contributed by atoms with van der Waals surface area (Å²) in [5, 5.41) is 2.99. The summed E-state index contributed by atoms with van der Waals surface area (Å²) in [7, 11) is 0. The Labute approximate surface area is 124 Å². The van der Waals surface area contributed by atoms with Crippen LogP contribution in [0.5, 0.6) is 0 Å². The number of nitrogens with one attached hydrogen (secondary N) is 1. The van der Waals surface area contributed by atoms with Crippen molar-refractivity contribution in [2.24, 2.45) is 0 Å². The zero-order valence-corrected chi connectivity index (χ0v) is 12.0. The zero-order valence-electron chi connectivity index (χ0n) is 12.0. The van der Waals surface area contributed by atoms with Gasteiger partial charge in [-0.2, -0.15) is 0 Å². The zero-order chi connectivity index (χ0) is 14.8. The van der Waals surface area contributed by atoms with E-state index in [1.54, 1.807) is 12.1 Å². The smallest absolute Gasteiger partial charge is 0.227 e. The van der Waals surface area contributed by atoms with Gasteiger partial charge in [-0.05, 0) is 42.2 Å². The summed E-state index contributed by atoms with van der Waals surface area (Å²) >= 11 is 0. The first-order valence-corrected chi connectivity index (χ1v) is 7.24. The molecule has 0 bridgehead atoms. The molecule has 2 nitrogen and oxygen atoms in total. The van der Waals surface area contributed by atoms with Crippen molar-refractivity contribution in [2.45, 2.75) is 25.2 Å². The highest BCUT2D eigenvalue weighted by molar-refractivity contribution is 5.84. The number of hydrogen-bond donors (Lipinski definition) is 1. The summed E-state index contributed by atoms with van der Waals surface area (Å²) in [5.74, 6) is -0.139. The molecule has 3 rings (SSSR count). The van der Waals surface area contributed by atoms with E-state index in [0.717, 1.165) is 12.0 Å². The van der Waals surface area contributed by atoms with Crippen LogP contribution in [0, 0.1) is 12.7 Å². The predicted molar refractivity (Wildman–Crippen MR) is 80.7 cm³/mol. The van der Waals surface area contributed by atoms with E-state index in [1.165, 1.54) is 23.3 Å². The molecular formula is C18H18FNO. The summed E-state index contributed by atoms with van der Waals surface area (Å²) < 4.78 is 13.0. The fourth-order valence-corrected chi connectivity index (χ4v) is 3.09. The number of amides is 1. The number of carbonyl (C=O) groups is 1. The van der Waals surface area contributed by atoms with Gasteiger partial charge in [0.2, 0.25) is 5.91 Å². The van der Waals surface area contributed by atoms with E-state index in [9.17, 15) is 9.18 Å². The third-order valence-corrected chi connectivity index (χ3v) is 4.26. The Balaban J connectivity index is 1.87. The molecular weight excluding hydrogens is 265 g/mol. The molecule has 1 saturated heterocycles. The molecule has 2 aromatic carbocycles. The van der Waals surface area contributed by atoms with Crippen LogP contribution in [-0.2, 0) is 4.79 Å². The monoisotopic (exact) mass is 283 g/mol. The Morgan fingerprint density at radius 1 is 1.10 bits per heavy atom. The Morgan fingerprint density at radius 3 is 2.52 bits per heavy atom. The lowest BCUT2D eigenvalue weighted by molar-refractivity contribution is -0.124. The lowest BCUT2D eigenvalue weighted by Crippen LogP contribution is -2.39. The van der Waals surface area contributed by atoms with Crippen molar-refractivity contribution < 1.29 is 9.18 Å². The molecule has 0 unspecified atom stereocenters. The highest BCUT2D eigenvalue weighted by atomic mass is 19.1. The van der Waals surface area contributed by atoms with Crippen LogP contribution in [0.4, 0.5) is 4.39 Å². The van der Waals surface area contributed by atoms with Crippen LogP contribution < -0.4 is 5.32 Å². The summed E-state index contributed by atoms with van der Waals surface area (Å²) in [5.41, 5.74) is 3.41. The van der Waals surface area contributed by atoms with Gasteiger partial charge in [-0.3, -0.25) is 4.79 Å². The van der Waals surface area contributed by atoms with Gasteiger partial charge in [-0.1, -0.05) is 36.4 Å². The van der Waals surface area contributed by atoms with Crippen LogP contribution in [0.1, 0.15) is 34.9 Å². The molecule has 2 aromatic rings. The molecule has 108 valence electrons. The van der Waals surface area contributed by atoms with E-state index < -0.39 is 0 Å². The number of hydrogen-bond acceptors (Lipinski definition) is 1. The van der Waals surface area contributed by atoms with Gasteiger partial charge in [0.25, 0.3) is 0 Å². The van der Waals surface area contributed by atoms with Crippen LogP contribution in [0.3, 0.4) is 0 Å². The van der Waals surface area contributed by atoms with Crippen molar-refractivity contribution in [2.75, 3.05) is 6.54 Å².